The third-order valence-electron chi connectivity index (χ3n) is 2.84. The maximum atomic E-state index is 12.5. The lowest BCUT2D eigenvalue weighted by atomic mass is 10.4. The van der Waals surface area contributed by atoms with Crippen LogP contribution in [0.5, 0.6) is 0 Å². The van der Waals surface area contributed by atoms with Gasteiger partial charge in [-0.3, -0.25) is 9.59 Å². The highest BCUT2D eigenvalue weighted by Gasteiger charge is 2.27. The fraction of sp³-hybridized carbons (Fsp3) is 0.0769. The minimum absolute atomic E-state index is 0.00922. The second kappa shape index (κ2) is 5.41. The average Bonchev–Trinajstić information content (AvgIpc) is 2.93. The summed E-state index contributed by atoms with van der Waals surface area (Å²) in [5.41, 5.74) is 4.80. The molecule has 0 fully saturated rings. The highest BCUT2D eigenvalue weighted by molar-refractivity contribution is 7.91. The van der Waals surface area contributed by atoms with Gasteiger partial charge in [-0.1, -0.05) is 18.2 Å². The number of aromatic amines is 1. The van der Waals surface area contributed by atoms with Gasteiger partial charge < -0.3 is 16.0 Å². The molecule has 0 aliphatic rings. The minimum Gasteiger partial charge on any atom is -0.364 e. The van der Waals surface area contributed by atoms with E-state index in [-0.39, 0.29) is 21.2 Å². The Morgan fingerprint density at radius 2 is 1.81 bits per heavy atom. The third-order valence-corrected chi connectivity index (χ3v) is 4.64. The number of primary amides is 1. The summed E-state index contributed by atoms with van der Waals surface area (Å²) >= 11 is 0. The summed E-state index contributed by atoms with van der Waals surface area (Å²) in [6.45, 7) is 0. The Morgan fingerprint density at radius 1 is 1.19 bits per heavy atom. The molecule has 0 saturated heterocycles. The van der Waals surface area contributed by atoms with Crippen LogP contribution in [0.1, 0.15) is 21.0 Å². The first-order valence-corrected chi connectivity index (χ1v) is 7.41. The Morgan fingerprint density at radius 3 is 2.33 bits per heavy atom. The lowest BCUT2D eigenvalue weighted by Gasteiger charge is -2.03. The molecular weight excluding hydrogens is 294 g/mol. The summed E-state index contributed by atoms with van der Waals surface area (Å²) in [4.78, 5) is 25.1. The number of aromatic nitrogens is 1. The van der Waals surface area contributed by atoms with Gasteiger partial charge in [0.25, 0.3) is 11.8 Å². The van der Waals surface area contributed by atoms with Gasteiger partial charge in [-0.15, -0.1) is 0 Å². The van der Waals surface area contributed by atoms with Crippen molar-refractivity contribution in [2.45, 2.75) is 9.79 Å². The van der Waals surface area contributed by atoms with Gasteiger partial charge in [-0.2, -0.15) is 0 Å². The highest BCUT2D eigenvalue weighted by Crippen LogP contribution is 2.24. The molecule has 1 aromatic carbocycles. The van der Waals surface area contributed by atoms with Crippen LogP contribution in [0.3, 0.4) is 0 Å². The van der Waals surface area contributed by atoms with Crippen LogP contribution < -0.4 is 11.1 Å². The quantitative estimate of drug-likeness (QED) is 0.752. The molecule has 0 aliphatic heterocycles. The monoisotopic (exact) mass is 307 g/mol. The van der Waals surface area contributed by atoms with E-state index in [0.29, 0.717) is 0 Å². The molecule has 1 heterocycles. The normalized spacial score (nSPS) is 11.1. The summed E-state index contributed by atoms with van der Waals surface area (Å²) < 4.78 is 25.0. The molecule has 1 aromatic heterocycles. The first kappa shape index (κ1) is 14.8. The molecule has 2 rings (SSSR count). The number of H-pyrrole nitrogens is 1. The third kappa shape index (κ3) is 2.65. The number of amides is 2. The molecule has 0 atom stereocenters. The molecule has 0 bridgehead atoms. The predicted molar refractivity (Wildman–Crippen MR) is 74.6 cm³/mol. The molecule has 21 heavy (non-hydrogen) atoms. The van der Waals surface area contributed by atoms with Crippen LogP contribution in [0.2, 0.25) is 0 Å². The second-order valence-corrected chi connectivity index (χ2v) is 6.10. The summed E-state index contributed by atoms with van der Waals surface area (Å²) in [6, 6.07) is 8.67. The van der Waals surface area contributed by atoms with Crippen LogP contribution >= 0.6 is 0 Å². The van der Waals surface area contributed by atoms with Gasteiger partial charge in [0.05, 0.1) is 4.90 Å². The zero-order chi connectivity index (χ0) is 15.6. The van der Waals surface area contributed by atoms with Crippen LogP contribution in [0.15, 0.2) is 46.2 Å². The van der Waals surface area contributed by atoms with E-state index in [1.165, 1.54) is 19.2 Å². The predicted octanol–water partition coefficient (Wildman–Crippen LogP) is 0.306. The fourth-order valence-corrected chi connectivity index (χ4v) is 3.28. The van der Waals surface area contributed by atoms with Gasteiger partial charge >= 0.3 is 0 Å². The molecule has 2 amide bonds. The zero-order valence-electron chi connectivity index (χ0n) is 11.1. The lowest BCUT2D eigenvalue weighted by Crippen LogP contribution is -2.19. The number of sulfone groups is 1. The molecule has 0 radical (unpaired) electrons. The first-order chi connectivity index (χ1) is 9.87. The Hall–Kier alpha value is -2.61. The number of hydrogen-bond acceptors (Lipinski definition) is 4. The maximum Gasteiger partial charge on any atom is 0.267 e. The molecule has 7 nitrogen and oxygen atoms in total. The summed E-state index contributed by atoms with van der Waals surface area (Å²) in [5.74, 6) is -1.51. The van der Waals surface area contributed by atoms with E-state index in [1.807, 2.05) is 0 Å². The van der Waals surface area contributed by atoms with Crippen molar-refractivity contribution in [1.29, 1.82) is 0 Å². The molecule has 0 aliphatic carbocycles. The van der Waals surface area contributed by atoms with Crippen molar-refractivity contribution >= 4 is 21.7 Å². The van der Waals surface area contributed by atoms with Crippen molar-refractivity contribution in [3.8, 4) is 0 Å². The van der Waals surface area contributed by atoms with Crippen LogP contribution in [0.25, 0.3) is 0 Å². The van der Waals surface area contributed by atoms with Gasteiger partial charge in [0.2, 0.25) is 9.84 Å². The van der Waals surface area contributed by atoms with Crippen LogP contribution in [0, 0.1) is 0 Å². The number of rotatable bonds is 4. The van der Waals surface area contributed by atoms with E-state index >= 15 is 0 Å². The topological polar surface area (TPSA) is 122 Å². The highest BCUT2D eigenvalue weighted by atomic mass is 32.2. The van der Waals surface area contributed by atoms with Gasteiger partial charge in [0.15, 0.2) is 0 Å². The van der Waals surface area contributed by atoms with Crippen LogP contribution in [-0.4, -0.2) is 32.3 Å². The lowest BCUT2D eigenvalue weighted by molar-refractivity contribution is 0.0958. The summed E-state index contributed by atoms with van der Waals surface area (Å²) in [6.07, 6.45) is 0. The second-order valence-electron chi connectivity index (χ2n) is 4.18. The summed E-state index contributed by atoms with van der Waals surface area (Å²) in [5, 5.41) is 2.33. The largest absolute Gasteiger partial charge is 0.364 e. The van der Waals surface area contributed by atoms with Crippen LogP contribution in [0.4, 0.5) is 0 Å². The SMILES string of the molecule is CNC(=O)c1cc(S(=O)(=O)c2ccccc2)c(C(N)=O)[nH]1. The van der Waals surface area contributed by atoms with Gasteiger partial charge in [0, 0.05) is 7.05 Å². The Labute approximate surface area is 121 Å². The molecular formula is C13H13N3O4S. The zero-order valence-corrected chi connectivity index (χ0v) is 11.9. The van der Waals surface area contributed by atoms with Crippen molar-refractivity contribution in [1.82, 2.24) is 10.3 Å². The number of nitrogens with two attached hydrogens (primary N) is 1. The summed E-state index contributed by atoms with van der Waals surface area (Å²) in [7, 11) is -2.56. The van der Waals surface area contributed by atoms with E-state index in [1.54, 1.807) is 18.2 Å². The number of carbonyl (C=O) groups excluding carboxylic acids is 2. The Kier molecular flexibility index (Phi) is 3.81. The Bertz CT molecular complexity index is 794. The van der Waals surface area contributed by atoms with Crippen molar-refractivity contribution in [2.24, 2.45) is 5.73 Å². The van der Waals surface area contributed by atoms with Crippen molar-refractivity contribution < 1.29 is 18.0 Å². The molecule has 4 N–H and O–H groups in total. The van der Waals surface area contributed by atoms with E-state index < -0.39 is 21.7 Å². The molecule has 110 valence electrons. The van der Waals surface area contributed by atoms with Gasteiger partial charge in [-0.05, 0) is 18.2 Å². The number of hydrogen-bond donors (Lipinski definition) is 3. The van der Waals surface area contributed by atoms with E-state index in [0.717, 1.165) is 6.07 Å². The van der Waals surface area contributed by atoms with Crippen molar-refractivity contribution in [3.05, 3.63) is 47.8 Å². The first-order valence-electron chi connectivity index (χ1n) is 5.93. The van der Waals surface area contributed by atoms with Crippen molar-refractivity contribution in [3.63, 3.8) is 0 Å². The molecule has 0 unspecified atom stereocenters. The fourth-order valence-electron chi connectivity index (χ4n) is 1.81. The smallest absolute Gasteiger partial charge is 0.267 e. The number of carbonyl (C=O) groups is 2. The molecule has 0 saturated carbocycles. The maximum absolute atomic E-state index is 12.5. The number of benzene rings is 1. The van der Waals surface area contributed by atoms with Crippen molar-refractivity contribution in [2.75, 3.05) is 7.05 Å². The molecule has 2 aromatic rings. The molecule has 8 heteroatoms. The van der Waals surface area contributed by atoms with E-state index in [9.17, 15) is 18.0 Å². The van der Waals surface area contributed by atoms with Crippen LogP contribution in [-0.2, 0) is 9.84 Å². The van der Waals surface area contributed by atoms with E-state index in [4.69, 9.17) is 5.73 Å². The van der Waals surface area contributed by atoms with Gasteiger partial charge in [-0.25, -0.2) is 8.42 Å². The molecule has 0 spiro atoms. The van der Waals surface area contributed by atoms with Gasteiger partial charge in [0.1, 0.15) is 16.3 Å². The average molecular weight is 307 g/mol. The number of nitrogens with one attached hydrogen (secondary N) is 2. The minimum atomic E-state index is -3.95. The van der Waals surface area contributed by atoms with E-state index in [2.05, 4.69) is 10.3 Å². The standard InChI is InChI=1S/C13H13N3O4S/c1-15-13(18)9-7-10(11(16-9)12(14)17)21(19,20)8-5-3-2-4-6-8/h2-7,16H,1H3,(H2,14,17)(H,15,18). The Balaban J connectivity index is 2.65.